The molecule has 0 heterocycles. The Morgan fingerprint density at radius 3 is 2.65 bits per heavy atom. The molecular formula is C16H25NO2S. The van der Waals surface area contributed by atoms with Crippen molar-refractivity contribution in [1.82, 2.24) is 0 Å². The average molecular weight is 295 g/mol. The molecule has 20 heavy (non-hydrogen) atoms. The van der Waals surface area contributed by atoms with Crippen molar-refractivity contribution in [3.05, 3.63) is 24.3 Å². The normalized spacial score (nSPS) is 19.7. The third-order valence-corrected chi connectivity index (χ3v) is 5.54. The second-order valence-electron chi connectivity index (χ2n) is 5.62. The molecule has 2 atom stereocenters. The highest BCUT2D eigenvalue weighted by atomic mass is 32.2. The summed E-state index contributed by atoms with van der Waals surface area (Å²) in [6.45, 7) is 0.519. The van der Waals surface area contributed by atoms with Crippen molar-refractivity contribution >= 4 is 11.8 Å². The predicted molar refractivity (Wildman–Crippen MR) is 84.0 cm³/mol. The summed E-state index contributed by atoms with van der Waals surface area (Å²) in [5, 5.41) is 20.2. The molecule has 1 aromatic carbocycles. The number of hydrogen-bond acceptors (Lipinski definition) is 4. The number of rotatable bonds is 6. The van der Waals surface area contributed by atoms with Crippen molar-refractivity contribution < 1.29 is 10.2 Å². The van der Waals surface area contributed by atoms with Gasteiger partial charge in [-0.05, 0) is 49.9 Å². The number of hydrogen-bond donors (Lipinski definition) is 3. The van der Waals surface area contributed by atoms with Crippen molar-refractivity contribution in [3.8, 4) is 5.75 Å². The van der Waals surface area contributed by atoms with Gasteiger partial charge in [0.05, 0.1) is 6.10 Å². The Kier molecular flexibility index (Phi) is 6.20. The summed E-state index contributed by atoms with van der Waals surface area (Å²) in [4.78, 5) is 1.02. The minimum atomic E-state index is -0.365. The van der Waals surface area contributed by atoms with Gasteiger partial charge in [-0.15, -0.1) is 11.8 Å². The number of aliphatic hydroxyl groups is 1. The molecule has 1 aliphatic rings. The van der Waals surface area contributed by atoms with E-state index in [1.165, 1.54) is 32.1 Å². The molecule has 0 aromatic heterocycles. The van der Waals surface area contributed by atoms with Gasteiger partial charge in [0.1, 0.15) is 5.75 Å². The number of benzene rings is 1. The molecule has 0 radical (unpaired) electrons. The monoisotopic (exact) mass is 295 g/mol. The van der Waals surface area contributed by atoms with E-state index in [-0.39, 0.29) is 17.1 Å². The fraction of sp³-hybridized carbons (Fsp3) is 0.625. The first kappa shape index (κ1) is 15.7. The van der Waals surface area contributed by atoms with Crippen LogP contribution in [0.5, 0.6) is 5.75 Å². The first-order valence-electron chi connectivity index (χ1n) is 7.54. The highest BCUT2D eigenvalue weighted by Gasteiger charge is 2.30. The molecule has 2 rings (SSSR count). The lowest BCUT2D eigenvalue weighted by molar-refractivity contribution is 0.132. The Balaban J connectivity index is 2.08. The Hall–Kier alpha value is -0.710. The molecule has 0 aliphatic heterocycles. The van der Waals surface area contributed by atoms with Crippen LogP contribution in [-0.2, 0) is 0 Å². The van der Waals surface area contributed by atoms with Crippen LogP contribution in [0, 0.1) is 5.92 Å². The molecule has 1 saturated carbocycles. The van der Waals surface area contributed by atoms with Gasteiger partial charge in [-0.1, -0.05) is 25.3 Å². The van der Waals surface area contributed by atoms with Crippen LogP contribution in [0.25, 0.3) is 0 Å². The van der Waals surface area contributed by atoms with E-state index in [2.05, 4.69) is 0 Å². The van der Waals surface area contributed by atoms with Crippen LogP contribution < -0.4 is 5.73 Å². The van der Waals surface area contributed by atoms with E-state index in [9.17, 15) is 10.2 Å². The van der Waals surface area contributed by atoms with Crippen molar-refractivity contribution in [3.63, 3.8) is 0 Å². The first-order chi connectivity index (χ1) is 9.70. The first-order valence-corrected chi connectivity index (χ1v) is 8.42. The molecule has 112 valence electrons. The minimum absolute atomic E-state index is 0.181. The molecule has 2 unspecified atom stereocenters. The number of aliphatic hydroxyl groups excluding tert-OH is 1. The maximum Gasteiger partial charge on any atom is 0.116 e. The second kappa shape index (κ2) is 7.91. The van der Waals surface area contributed by atoms with Crippen LogP contribution in [0.3, 0.4) is 0 Å². The van der Waals surface area contributed by atoms with Crippen LogP contribution in [0.4, 0.5) is 0 Å². The lowest BCUT2D eigenvalue weighted by Crippen LogP contribution is -2.33. The summed E-state index contributed by atoms with van der Waals surface area (Å²) in [6.07, 6.45) is 6.50. The van der Waals surface area contributed by atoms with Crippen molar-refractivity contribution in [2.45, 2.75) is 54.8 Å². The number of thioether (sulfide) groups is 1. The van der Waals surface area contributed by atoms with E-state index in [1.54, 1.807) is 23.9 Å². The minimum Gasteiger partial charge on any atom is -0.508 e. The van der Waals surface area contributed by atoms with E-state index in [0.717, 1.165) is 4.90 Å². The zero-order valence-corrected chi connectivity index (χ0v) is 12.7. The fourth-order valence-electron chi connectivity index (χ4n) is 3.00. The zero-order valence-electron chi connectivity index (χ0n) is 11.9. The average Bonchev–Trinajstić information content (AvgIpc) is 2.46. The summed E-state index contributed by atoms with van der Waals surface area (Å²) in [7, 11) is 0. The van der Waals surface area contributed by atoms with Crippen LogP contribution >= 0.6 is 11.8 Å². The quantitative estimate of drug-likeness (QED) is 0.705. The molecular weight excluding hydrogens is 270 g/mol. The largest absolute Gasteiger partial charge is 0.508 e. The van der Waals surface area contributed by atoms with Gasteiger partial charge >= 0.3 is 0 Å². The van der Waals surface area contributed by atoms with Gasteiger partial charge in [0.15, 0.2) is 0 Å². The third-order valence-electron chi connectivity index (χ3n) is 4.05. The van der Waals surface area contributed by atoms with E-state index >= 15 is 0 Å². The molecule has 1 aromatic rings. The van der Waals surface area contributed by atoms with Crippen LogP contribution in [0.15, 0.2) is 29.2 Å². The van der Waals surface area contributed by atoms with E-state index in [1.807, 2.05) is 12.1 Å². The predicted octanol–water partition coefficient (Wildman–Crippen LogP) is 3.14. The summed E-state index contributed by atoms with van der Waals surface area (Å²) >= 11 is 1.69. The molecule has 4 heteroatoms. The van der Waals surface area contributed by atoms with Gasteiger partial charge in [0.25, 0.3) is 0 Å². The maximum atomic E-state index is 10.4. The third kappa shape index (κ3) is 4.40. The van der Waals surface area contributed by atoms with Crippen LogP contribution in [0.2, 0.25) is 0 Å². The molecule has 4 N–H and O–H groups in total. The fourth-order valence-corrected chi connectivity index (χ4v) is 4.42. The summed E-state index contributed by atoms with van der Waals surface area (Å²) in [5.41, 5.74) is 5.61. The molecule has 0 bridgehead atoms. The van der Waals surface area contributed by atoms with Gasteiger partial charge < -0.3 is 15.9 Å². The standard InChI is InChI=1S/C16H25NO2S/c17-10-9-15(19)16(12-5-2-1-3-6-12)20-14-8-4-7-13(18)11-14/h4,7-8,11-12,15-16,18-19H,1-3,5-6,9-10,17H2. The zero-order chi connectivity index (χ0) is 14.4. The Morgan fingerprint density at radius 2 is 2.00 bits per heavy atom. The second-order valence-corrected chi connectivity index (χ2v) is 6.87. The summed E-state index contributed by atoms with van der Waals surface area (Å²) in [6, 6.07) is 7.30. The van der Waals surface area contributed by atoms with E-state index in [4.69, 9.17) is 5.73 Å². The van der Waals surface area contributed by atoms with Crippen molar-refractivity contribution in [1.29, 1.82) is 0 Å². The van der Waals surface area contributed by atoms with Gasteiger partial charge in [0.2, 0.25) is 0 Å². The molecule has 1 fully saturated rings. The Morgan fingerprint density at radius 1 is 1.25 bits per heavy atom. The van der Waals surface area contributed by atoms with Gasteiger partial charge in [-0.3, -0.25) is 0 Å². The van der Waals surface area contributed by atoms with Gasteiger partial charge in [-0.25, -0.2) is 0 Å². The van der Waals surface area contributed by atoms with Gasteiger partial charge in [-0.2, -0.15) is 0 Å². The highest BCUT2D eigenvalue weighted by molar-refractivity contribution is 8.00. The lowest BCUT2D eigenvalue weighted by atomic mass is 9.84. The molecule has 0 saturated heterocycles. The van der Waals surface area contributed by atoms with Gasteiger partial charge in [0, 0.05) is 10.1 Å². The summed E-state index contributed by atoms with van der Waals surface area (Å²) < 4.78 is 0. The number of phenolic OH excluding ortho intramolecular Hbond substituents is 1. The van der Waals surface area contributed by atoms with E-state index in [0.29, 0.717) is 18.9 Å². The highest BCUT2D eigenvalue weighted by Crippen LogP contribution is 2.39. The van der Waals surface area contributed by atoms with Crippen molar-refractivity contribution in [2.24, 2.45) is 11.7 Å². The topological polar surface area (TPSA) is 66.5 Å². The lowest BCUT2D eigenvalue weighted by Gasteiger charge is -2.33. The van der Waals surface area contributed by atoms with Crippen LogP contribution in [-0.4, -0.2) is 28.1 Å². The Labute approximate surface area is 125 Å². The molecule has 0 amide bonds. The number of phenols is 1. The molecule has 1 aliphatic carbocycles. The summed E-state index contributed by atoms with van der Waals surface area (Å²) in [5.74, 6) is 0.836. The number of aromatic hydroxyl groups is 1. The SMILES string of the molecule is NCCC(O)C(Sc1cccc(O)c1)C1CCCCC1. The maximum absolute atomic E-state index is 10.4. The molecule has 3 nitrogen and oxygen atoms in total. The smallest absolute Gasteiger partial charge is 0.116 e. The number of nitrogens with two attached hydrogens (primary N) is 1. The Bertz CT molecular complexity index is 407. The van der Waals surface area contributed by atoms with E-state index < -0.39 is 0 Å². The van der Waals surface area contributed by atoms with Crippen LogP contribution in [0.1, 0.15) is 38.5 Å². The molecule has 0 spiro atoms. The van der Waals surface area contributed by atoms with Crippen molar-refractivity contribution in [2.75, 3.05) is 6.54 Å².